The molecule has 0 fully saturated rings. The Morgan fingerprint density at radius 3 is 2.24 bits per heavy atom. The summed E-state index contributed by atoms with van der Waals surface area (Å²) in [6, 6.07) is 12.4. The van der Waals surface area contributed by atoms with Crippen molar-refractivity contribution in [3.8, 4) is 11.5 Å². The number of carbonyl (C=O) groups is 1. The van der Waals surface area contributed by atoms with Gasteiger partial charge in [0, 0.05) is 5.69 Å². The van der Waals surface area contributed by atoms with Gasteiger partial charge in [-0.3, -0.25) is 4.79 Å². The number of ether oxygens (including phenoxy) is 1. The summed E-state index contributed by atoms with van der Waals surface area (Å²) in [6.45, 7) is 1.46. The van der Waals surface area contributed by atoms with Gasteiger partial charge in [0.25, 0.3) is 5.91 Å². The minimum atomic E-state index is -4.57. The van der Waals surface area contributed by atoms with Crippen molar-refractivity contribution >= 4 is 11.6 Å². The molecule has 0 bridgehead atoms. The second-order valence-electron chi connectivity index (χ2n) is 6.13. The first-order valence-electron chi connectivity index (χ1n) is 8.37. The third-order valence-electron chi connectivity index (χ3n) is 4.06. The fourth-order valence-electron chi connectivity index (χ4n) is 2.64. The average molecular weight is 407 g/mol. The molecule has 3 rings (SSSR count). The van der Waals surface area contributed by atoms with E-state index >= 15 is 0 Å². The minimum Gasteiger partial charge on any atom is -0.457 e. The van der Waals surface area contributed by atoms with Crippen LogP contribution in [-0.2, 0) is 6.18 Å². The highest BCUT2D eigenvalue weighted by molar-refractivity contribution is 6.05. The molecule has 0 saturated heterocycles. The zero-order valence-corrected chi connectivity index (χ0v) is 15.0. The first-order chi connectivity index (χ1) is 13.7. The van der Waals surface area contributed by atoms with Crippen molar-refractivity contribution in [3.05, 3.63) is 89.0 Å². The topological polar surface area (TPSA) is 38.3 Å². The van der Waals surface area contributed by atoms with Crippen molar-refractivity contribution in [2.24, 2.45) is 0 Å². The monoisotopic (exact) mass is 407 g/mol. The number of nitrogens with one attached hydrogen (secondary N) is 1. The van der Waals surface area contributed by atoms with Gasteiger partial charge in [-0.05, 0) is 55.0 Å². The number of hydrogen-bond acceptors (Lipinski definition) is 2. The lowest BCUT2D eigenvalue weighted by Crippen LogP contribution is -2.16. The third-order valence-corrected chi connectivity index (χ3v) is 4.06. The molecule has 0 aliphatic heterocycles. The minimum absolute atomic E-state index is 0.104. The predicted octanol–water partition coefficient (Wildman–Crippen LogP) is 6.34. The smallest absolute Gasteiger partial charge is 0.419 e. The number of rotatable bonds is 4. The van der Waals surface area contributed by atoms with Gasteiger partial charge in [0.2, 0.25) is 0 Å². The fourth-order valence-corrected chi connectivity index (χ4v) is 2.64. The lowest BCUT2D eigenvalue weighted by Gasteiger charge is -2.14. The van der Waals surface area contributed by atoms with Crippen molar-refractivity contribution < 1.29 is 31.5 Å². The molecule has 0 saturated carbocycles. The quantitative estimate of drug-likeness (QED) is 0.513. The number of halogens is 5. The Morgan fingerprint density at radius 1 is 0.931 bits per heavy atom. The molecule has 0 spiro atoms. The van der Waals surface area contributed by atoms with E-state index in [-0.39, 0.29) is 22.7 Å². The molecule has 1 amide bonds. The predicted molar refractivity (Wildman–Crippen MR) is 97.0 cm³/mol. The molecule has 29 heavy (non-hydrogen) atoms. The number of anilines is 1. The zero-order chi connectivity index (χ0) is 21.2. The van der Waals surface area contributed by atoms with Gasteiger partial charge < -0.3 is 10.1 Å². The summed E-state index contributed by atoms with van der Waals surface area (Å²) >= 11 is 0. The number of amides is 1. The largest absolute Gasteiger partial charge is 0.457 e. The number of aryl methyl sites for hydroxylation is 1. The van der Waals surface area contributed by atoms with Gasteiger partial charge in [0.15, 0.2) is 11.6 Å². The Bertz CT molecular complexity index is 1050. The first kappa shape index (κ1) is 20.3. The molecule has 3 nitrogen and oxygen atoms in total. The first-order valence-corrected chi connectivity index (χ1v) is 8.37. The Balaban J connectivity index is 1.77. The Labute approximate surface area is 162 Å². The van der Waals surface area contributed by atoms with Crippen molar-refractivity contribution in [2.45, 2.75) is 13.1 Å². The van der Waals surface area contributed by atoms with E-state index in [2.05, 4.69) is 5.32 Å². The van der Waals surface area contributed by atoms with Crippen LogP contribution in [0.3, 0.4) is 0 Å². The molecule has 0 unspecified atom stereocenters. The number of benzene rings is 3. The van der Waals surface area contributed by atoms with E-state index in [0.29, 0.717) is 0 Å². The summed E-state index contributed by atoms with van der Waals surface area (Å²) in [7, 11) is 0. The van der Waals surface area contributed by atoms with Crippen LogP contribution in [0.2, 0.25) is 0 Å². The van der Waals surface area contributed by atoms with Gasteiger partial charge in [0.05, 0.1) is 11.1 Å². The maximum atomic E-state index is 13.9. The van der Waals surface area contributed by atoms with Gasteiger partial charge in [-0.15, -0.1) is 0 Å². The summed E-state index contributed by atoms with van der Waals surface area (Å²) in [5.41, 5.74) is -0.863. The van der Waals surface area contributed by atoms with Crippen LogP contribution in [0.1, 0.15) is 21.5 Å². The maximum Gasteiger partial charge on any atom is 0.419 e. The number of carbonyl (C=O) groups excluding carboxylic acids is 1. The molecular formula is C21H14F5NO2. The van der Waals surface area contributed by atoms with E-state index in [0.717, 1.165) is 12.1 Å². The molecule has 1 N–H and O–H groups in total. The van der Waals surface area contributed by atoms with Crippen molar-refractivity contribution in [1.82, 2.24) is 0 Å². The van der Waals surface area contributed by atoms with Crippen LogP contribution >= 0.6 is 0 Å². The van der Waals surface area contributed by atoms with Gasteiger partial charge in [-0.1, -0.05) is 18.2 Å². The Hall–Kier alpha value is -3.42. The molecule has 0 atom stereocenters. The van der Waals surface area contributed by atoms with Crippen LogP contribution in [-0.4, -0.2) is 5.91 Å². The van der Waals surface area contributed by atoms with Gasteiger partial charge in [-0.2, -0.15) is 13.2 Å². The SMILES string of the molecule is Cc1ccc(F)c(F)c1C(=O)Nc1ccc(Oc2ccccc2C(F)(F)F)cc1. The maximum absolute atomic E-state index is 13.9. The van der Waals surface area contributed by atoms with Crippen molar-refractivity contribution in [3.63, 3.8) is 0 Å². The molecule has 0 heterocycles. The van der Waals surface area contributed by atoms with Crippen LogP contribution in [0.15, 0.2) is 60.7 Å². The highest BCUT2D eigenvalue weighted by atomic mass is 19.4. The molecule has 3 aromatic rings. The fraction of sp³-hybridized carbons (Fsp3) is 0.0952. The summed E-state index contributed by atoms with van der Waals surface area (Å²) in [5, 5.41) is 2.41. The number of hydrogen-bond donors (Lipinski definition) is 1. The van der Waals surface area contributed by atoms with E-state index < -0.39 is 34.8 Å². The third kappa shape index (κ3) is 4.53. The van der Waals surface area contributed by atoms with Gasteiger partial charge >= 0.3 is 6.18 Å². The molecule has 0 aliphatic carbocycles. The zero-order valence-electron chi connectivity index (χ0n) is 15.0. The van der Waals surface area contributed by atoms with Crippen LogP contribution in [0, 0.1) is 18.6 Å². The number of para-hydroxylation sites is 1. The second-order valence-corrected chi connectivity index (χ2v) is 6.13. The molecule has 150 valence electrons. The van der Waals surface area contributed by atoms with Crippen molar-refractivity contribution in [2.75, 3.05) is 5.32 Å². The standard InChI is InChI=1S/C21H14F5NO2/c1-12-6-11-16(22)19(23)18(12)20(28)27-13-7-9-14(10-8-13)29-17-5-3-2-4-15(17)21(24,25)26/h2-11H,1H3,(H,27,28). The lowest BCUT2D eigenvalue weighted by molar-refractivity contribution is -0.138. The van der Waals surface area contributed by atoms with E-state index in [1.54, 1.807) is 0 Å². The average Bonchev–Trinajstić information content (AvgIpc) is 2.66. The van der Waals surface area contributed by atoms with Gasteiger partial charge in [-0.25, -0.2) is 8.78 Å². The summed E-state index contributed by atoms with van der Waals surface area (Å²) in [4.78, 5) is 12.3. The highest BCUT2D eigenvalue weighted by Gasteiger charge is 2.34. The molecule has 0 aliphatic rings. The molecular weight excluding hydrogens is 393 g/mol. The van der Waals surface area contributed by atoms with Crippen molar-refractivity contribution in [1.29, 1.82) is 0 Å². The lowest BCUT2D eigenvalue weighted by atomic mass is 10.1. The normalized spacial score (nSPS) is 11.2. The Morgan fingerprint density at radius 2 is 1.59 bits per heavy atom. The Kier molecular flexibility index (Phi) is 5.54. The summed E-state index contributed by atoms with van der Waals surface area (Å²) < 4.78 is 71.7. The molecule has 8 heteroatoms. The summed E-state index contributed by atoms with van der Waals surface area (Å²) in [6.07, 6.45) is -4.57. The van der Waals surface area contributed by atoms with E-state index in [1.807, 2.05) is 0 Å². The van der Waals surface area contributed by atoms with Crippen LogP contribution < -0.4 is 10.1 Å². The summed E-state index contributed by atoms with van der Waals surface area (Å²) in [5.74, 6) is -3.52. The van der Waals surface area contributed by atoms with E-state index in [1.165, 1.54) is 55.5 Å². The molecule has 3 aromatic carbocycles. The number of alkyl halides is 3. The van der Waals surface area contributed by atoms with Crippen LogP contribution in [0.25, 0.3) is 0 Å². The van der Waals surface area contributed by atoms with Crippen LogP contribution in [0.4, 0.5) is 27.6 Å². The van der Waals surface area contributed by atoms with Crippen LogP contribution in [0.5, 0.6) is 11.5 Å². The van der Waals surface area contributed by atoms with Gasteiger partial charge in [0.1, 0.15) is 11.5 Å². The van der Waals surface area contributed by atoms with E-state index in [9.17, 15) is 26.7 Å². The molecule has 0 radical (unpaired) electrons. The highest BCUT2D eigenvalue weighted by Crippen LogP contribution is 2.38. The van der Waals surface area contributed by atoms with E-state index in [4.69, 9.17) is 4.74 Å². The molecule has 0 aromatic heterocycles. The second kappa shape index (κ2) is 7.90.